The molecule has 1 aliphatic heterocycles. The molecule has 1 saturated heterocycles. The summed E-state index contributed by atoms with van der Waals surface area (Å²) < 4.78 is 0. The summed E-state index contributed by atoms with van der Waals surface area (Å²) in [5.74, 6) is 0.659. The lowest BCUT2D eigenvalue weighted by atomic mass is 10.2. The van der Waals surface area contributed by atoms with Crippen molar-refractivity contribution in [3.8, 4) is 0 Å². The van der Waals surface area contributed by atoms with Crippen LogP contribution >= 0.6 is 35.0 Å². The van der Waals surface area contributed by atoms with Crippen LogP contribution in [0.3, 0.4) is 0 Å². The van der Waals surface area contributed by atoms with Crippen LogP contribution in [0, 0.1) is 0 Å². The molecule has 1 aromatic carbocycles. The van der Waals surface area contributed by atoms with Crippen LogP contribution in [0.1, 0.15) is 10.4 Å². The van der Waals surface area contributed by atoms with Gasteiger partial charge in [0.2, 0.25) is 0 Å². The lowest BCUT2D eigenvalue weighted by Crippen LogP contribution is -2.49. The first-order valence-electron chi connectivity index (χ1n) is 6.57. The number of nitrogens with zero attached hydrogens (tertiary/aromatic N) is 2. The fourth-order valence-electron chi connectivity index (χ4n) is 2.26. The van der Waals surface area contributed by atoms with Crippen LogP contribution < -0.4 is 0 Å². The van der Waals surface area contributed by atoms with Gasteiger partial charge in [-0.1, -0.05) is 11.6 Å². The molecule has 0 aromatic heterocycles. The second kappa shape index (κ2) is 7.55. The molecule has 1 amide bonds. The number of thioether (sulfide) groups is 1. The smallest absolute Gasteiger partial charge is 0.255 e. The molecule has 0 unspecified atom stereocenters. The Bertz CT molecular complexity index is 476. The first-order chi connectivity index (χ1) is 9.65. The number of piperazine rings is 1. The number of carbonyl (C=O) groups is 1. The van der Waals surface area contributed by atoms with E-state index in [4.69, 9.17) is 23.2 Å². The molecule has 6 heteroatoms. The monoisotopic (exact) mass is 332 g/mol. The van der Waals surface area contributed by atoms with Crippen LogP contribution in [0.2, 0.25) is 5.02 Å². The Kier molecular flexibility index (Phi) is 6.02. The molecule has 0 N–H and O–H groups in total. The standard InChI is InChI=1S/C14H18Cl2N2OS/c1-20-11-2-3-13(16)12(10-11)14(19)18-8-6-17(5-4-15)7-9-18/h2-3,10H,4-9H2,1H3. The van der Waals surface area contributed by atoms with E-state index >= 15 is 0 Å². The van der Waals surface area contributed by atoms with E-state index in [2.05, 4.69) is 4.90 Å². The summed E-state index contributed by atoms with van der Waals surface area (Å²) >= 11 is 13.5. The minimum Gasteiger partial charge on any atom is -0.336 e. The number of halogens is 2. The molecule has 1 heterocycles. The van der Waals surface area contributed by atoms with Crippen molar-refractivity contribution in [3.63, 3.8) is 0 Å². The van der Waals surface area contributed by atoms with Gasteiger partial charge in [0.25, 0.3) is 5.91 Å². The SMILES string of the molecule is CSc1ccc(Cl)c(C(=O)N2CCN(CCCl)CC2)c1. The maximum Gasteiger partial charge on any atom is 0.255 e. The Morgan fingerprint density at radius 2 is 2.00 bits per heavy atom. The van der Waals surface area contributed by atoms with Crippen LogP contribution in [0.4, 0.5) is 0 Å². The zero-order chi connectivity index (χ0) is 14.5. The number of hydrogen-bond acceptors (Lipinski definition) is 3. The van der Waals surface area contributed by atoms with Gasteiger partial charge in [-0.05, 0) is 24.5 Å². The zero-order valence-corrected chi connectivity index (χ0v) is 13.8. The molecule has 0 saturated carbocycles. The van der Waals surface area contributed by atoms with E-state index in [0.29, 0.717) is 16.5 Å². The highest BCUT2D eigenvalue weighted by Crippen LogP contribution is 2.24. The molecule has 2 rings (SSSR count). The minimum atomic E-state index is 0.0245. The van der Waals surface area contributed by atoms with Gasteiger partial charge >= 0.3 is 0 Å². The summed E-state index contributed by atoms with van der Waals surface area (Å²) in [7, 11) is 0. The van der Waals surface area contributed by atoms with E-state index < -0.39 is 0 Å². The van der Waals surface area contributed by atoms with Gasteiger partial charge in [0, 0.05) is 43.5 Å². The average Bonchev–Trinajstić information content (AvgIpc) is 2.48. The third-order valence-corrected chi connectivity index (χ3v) is 4.69. The lowest BCUT2D eigenvalue weighted by molar-refractivity contribution is 0.0644. The Hall–Kier alpha value is -0.420. The maximum absolute atomic E-state index is 12.5. The Morgan fingerprint density at radius 1 is 1.30 bits per heavy atom. The predicted molar refractivity (Wildman–Crippen MR) is 86.3 cm³/mol. The highest BCUT2D eigenvalue weighted by atomic mass is 35.5. The summed E-state index contributed by atoms with van der Waals surface area (Å²) in [5.41, 5.74) is 0.601. The van der Waals surface area contributed by atoms with Crippen molar-refractivity contribution in [2.24, 2.45) is 0 Å². The third kappa shape index (κ3) is 3.82. The van der Waals surface area contributed by atoms with Crippen LogP contribution in [-0.4, -0.2) is 60.6 Å². The molecule has 0 bridgehead atoms. The van der Waals surface area contributed by atoms with Gasteiger partial charge in [0.1, 0.15) is 0 Å². The largest absolute Gasteiger partial charge is 0.336 e. The van der Waals surface area contributed by atoms with E-state index in [0.717, 1.165) is 37.6 Å². The summed E-state index contributed by atoms with van der Waals surface area (Å²) in [6.45, 7) is 4.09. The summed E-state index contributed by atoms with van der Waals surface area (Å²) in [6.07, 6.45) is 1.99. The Labute approximate surface area is 134 Å². The van der Waals surface area contributed by atoms with Gasteiger partial charge in [-0.2, -0.15) is 0 Å². The maximum atomic E-state index is 12.5. The molecular weight excluding hydrogens is 315 g/mol. The lowest BCUT2D eigenvalue weighted by Gasteiger charge is -2.34. The average molecular weight is 333 g/mol. The number of carbonyl (C=O) groups excluding carboxylic acids is 1. The molecule has 1 aromatic rings. The quantitative estimate of drug-likeness (QED) is 0.625. The third-order valence-electron chi connectivity index (χ3n) is 3.46. The predicted octanol–water partition coefficient (Wildman–Crippen LogP) is 3.06. The van der Waals surface area contributed by atoms with Crippen LogP contribution in [-0.2, 0) is 0 Å². The highest BCUT2D eigenvalue weighted by molar-refractivity contribution is 7.98. The van der Waals surface area contributed by atoms with Crippen molar-refractivity contribution in [2.75, 3.05) is 44.9 Å². The molecule has 20 heavy (non-hydrogen) atoms. The first-order valence-corrected chi connectivity index (χ1v) is 8.70. The Morgan fingerprint density at radius 3 is 2.60 bits per heavy atom. The van der Waals surface area contributed by atoms with E-state index in [1.165, 1.54) is 0 Å². The molecular formula is C14H18Cl2N2OS. The first kappa shape index (κ1) is 16.0. The molecule has 0 spiro atoms. The van der Waals surface area contributed by atoms with Gasteiger partial charge in [0.05, 0.1) is 10.6 Å². The van der Waals surface area contributed by atoms with Crippen LogP contribution in [0.5, 0.6) is 0 Å². The molecule has 110 valence electrons. The highest BCUT2D eigenvalue weighted by Gasteiger charge is 2.23. The molecule has 0 radical (unpaired) electrons. The van der Waals surface area contributed by atoms with Crippen LogP contribution in [0.25, 0.3) is 0 Å². The van der Waals surface area contributed by atoms with E-state index in [1.807, 2.05) is 23.3 Å². The Balaban J connectivity index is 2.05. The second-order valence-corrected chi connectivity index (χ2v) is 6.33. The van der Waals surface area contributed by atoms with Crippen LogP contribution in [0.15, 0.2) is 23.1 Å². The van der Waals surface area contributed by atoms with Crippen molar-refractivity contribution in [2.45, 2.75) is 4.90 Å². The molecule has 3 nitrogen and oxygen atoms in total. The summed E-state index contributed by atoms with van der Waals surface area (Å²) in [4.78, 5) is 17.7. The van der Waals surface area contributed by atoms with Crippen molar-refractivity contribution in [3.05, 3.63) is 28.8 Å². The van der Waals surface area contributed by atoms with Crippen molar-refractivity contribution in [1.29, 1.82) is 0 Å². The van der Waals surface area contributed by atoms with E-state index in [9.17, 15) is 4.79 Å². The number of alkyl halides is 1. The van der Waals surface area contributed by atoms with Gasteiger partial charge in [-0.15, -0.1) is 23.4 Å². The number of hydrogen-bond donors (Lipinski definition) is 0. The number of rotatable bonds is 4. The number of benzene rings is 1. The van der Waals surface area contributed by atoms with Crippen molar-refractivity contribution in [1.82, 2.24) is 9.80 Å². The van der Waals surface area contributed by atoms with Gasteiger partial charge in [-0.3, -0.25) is 9.69 Å². The van der Waals surface area contributed by atoms with Gasteiger partial charge in [-0.25, -0.2) is 0 Å². The van der Waals surface area contributed by atoms with Gasteiger partial charge < -0.3 is 4.90 Å². The number of amides is 1. The summed E-state index contributed by atoms with van der Waals surface area (Å²) in [5, 5.41) is 0.524. The second-order valence-electron chi connectivity index (χ2n) is 4.67. The fourth-order valence-corrected chi connectivity index (χ4v) is 3.14. The van der Waals surface area contributed by atoms with Gasteiger partial charge in [0.15, 0.2) is 0 Å². The molecule has 1 aliphatic rings. The van der Waals surface area contributed by atoms with E-state index in [-0.39, 0.29) is 5.91 Å². The van der Waals surface area contributed by atoms with Crippen molar-refractivity contribution < 1.29 is 4.79 Å². The topological polar surface area (TPSA) is 23.6 Å². The molecule has 1 fully saturated rings. The zero-order valence-electron chi connectivity index (χ0n) is 11.4. The van der Waals surface area contributed by atoms with E-state index in [1.54, 1.807) is 17.8 Å². The normalized spacial score (nSPS) is 16.4. The van der Waals surface area contributed by atoms with Crippen molar-refractivity contribution >= 4 is 40.9 Å². The summed E-state index contributed by atoms with van der Waals surface area (Å²) in [6, 6.07) is 5.60. The fraction of sp³-hybridized carbons (Fsp3) is 0.500. The minimum absolute atomic E-state index is 0.0245. The molecule has 0 atom stereocenters. The molecule has 0 aliphatic carbocycles.